The number of urea groups is 1. The Bertz CT molecular complexity index is 1350. The van der Waals surface area contributed by atoms with Crippen LogP contribution in [0.1, 0.15) is 23.6 Å². The minimum Gasteiger partial charge on any atom is -0.493 e. The lowest BCUT2D eigenvalue weighted by Gasteiger charge is -2.26. The molecule has 0 aromatic heterocycles. The molecule has 36 heavy (non-hydrogen) atoms. The van der Waals surface area contributed by atoms with Gasteiger partial charge in [-0.3, -0.25) is 14.9 Å². The van der Waals surface area contributed by atoms with Crippen LogP contribution < -0.4 is 19.7 Å². The lowest BCUT2D eigenvalue weighted by molar-refractivity contribution is -0.122. The Labute approximate surface area is 221 Å². The fraction of sp³-hybridized carbons (Fsp3) is 0.148. The summed E-state index contributed by atoms with van der Waals surface area (Å²) in [6.45, 7) is 2.29. The van der Waals surface area contributed by atoms with E-state index >= 15 is 0 Å². The largest absolute Gasteiger partial charge is 0.493 e. The molecule has 0 bridgehead atoms. The highest BCUT2D eigenvalue weighted by molar-refractivity contribution is 9.10. The van der Waals surface area contributed by atoms with Crippen LogP contribution in [0, 0.1) is 0 Å². The number of halogens is 2. The topological polar surface area (TPSA) is 84.9 Å². The van der Waals surface area contributed by atoms with Crippen molar-refractivity contribution >= 4 is 57.1 Å². The number of ether oxygens (including phenoxy) is 2. The van der Waals surface area contributed by atoms with E-state index < -0.39 is 17.8 Å². The van der Waals surface area contributed by atoms with Crippen LogP contribution >= 0.6 is 27.5 Å². The molecule has 3 aromatic rings. The van der Waals surface area contributed by atoms with E-state index in [1.54, 1.807) is 36.4 Å². The number of anilines is 1. The number of hydrogen-bond acceptors (Lipinski definition) is 5. The number of rotatable bonds is 7. The lowest BCUT2D eigenvalue weighted by atomic mass is 10.1. The van der Waals surface area contributed by atoms with Gasteiger partial charge in [0.1, 0.15) is 12.2 Å². The molecule has 1 aliphatic rings. The van der Waals surface area contributed by atoms with Gasteiger partial charge in [0.05, 0.1) is 17.3 Å². The Morgan fingerprint density at radius 1 is 1.00 bits per heavy atom. The van der Waals surface area contributed by atoms with Crippen LogP contribution in [-0.4, -0.2) is 25.0 Å². The average molecular weight is 570 g/mol. The molecule has 0 unspecified atom stereocenters. The summed E-state index contributed by atoms with van der Waals surface area (Å²) in [5.41, 5.74) is 2.67. The molecule has 4 amide bonds. The smallest absolute Gasteiger partial charge is 0.335 e. The molecular weight excluding hydrogens is 548 g/mol. The van der Waals surface area contributed by atoms with E-state index in [1.807, 2.05) is 31.2 Å². The van der Waals surface area contributed by atoms with Crippen LogP contribution in [0.25, 0.3) is 6.08 Å². The minimum absolute atomic E-state index is 0.182. The van der Waals surface area contributed by atoms with Gasteiger partial charge in [0.25, 0.3) is 11.8 Å². The SMILES string of the molecule is CCc1ccc(N2C(=O)NC(=O)/C(=C/c3cc(Br)c(OCc4ccc(Cl)cc4)c(OC)c3)C2=O)cc1. The lowest BCUT2D eigenvalue weighted by Crippen LogP contribution is -2.54. The van der Waals surface area contributed by atoms with E-state index in [9.17, 15) is 14.4 Å². The van der Waals surface area contributed by atoms with Crippen molar-refractivity contribution in [2.75, 3.05) is 12.0 Å². The molecule has 0 aliphatic carbocycles. The molecule has 0 saturated carbocycles. The molecule has 1 aliphatic heterocycles. The summed E-state index contributed by atoms with van der Waals surface area (Å²) in [5.74, 6) is -0.630. The third kappa shape index (κ3) is 5.45. The van der Waals surface area contributed by atoms with Crippen molar-refractivity contribution in [2.24, 2.45) is 0 Å². The zero-order chi connectivity index (χ0) is 25.8. The molecule has 1 fully saturated rings. The molecule has 1 N–H and O–H groups in total. The zero-order valence-electron chi connectivity index (χ0n) is 19.5. The van der Waals surface area contributed by atoms with Crippen molar-refractivity contribution in [2.45, 2.75) is 20.0 Å². The fourth-order valence-electron chi connectivity index (χ4n) is 3.64. The number of carbonyl (C=O) groups excluding carboxylic acids is 3. The Balaban J connectivity index is 1.62. The maximum atomic E-state index is 13.2. The third-order valence-corrected chi connectivity index (χ3v) is 6.40. The van der Waals surface area contributed by atoms with Gasteiger partial charge in [0.15, 0.2) is 11.5 Å². The van der Waals surface area contributed by atoms with E-state index in [0.717, 1.165) is 22.4 Å². The van der Waals surface area contributed by atoms with Crippen molar-refractivity contribution in [3.63, 3.8) is 0 Å². The van der Waals surface area contributed by atoms with Gasteiger partial charge >= 0.3 is 6.03 Å². The van der Waals surface area contributed by atoms with Gasteiger partial charge in [0, 0.05) is 5.02 Å². The van der Waals surface area contributed by atoms with Crippen LogP contribution in [0.15, 0.2) is 70.7 Å². The number of aryl methyl sites for hydroxylation is 1. The van der Waals surface area contributed by atoms with E-state index in [0.29, 0.717) is 32.2 Å². The molecule has 1 saturated heterocycles. The van der Waals surface area contributed by atoms with Crippen molar-refractivity contribution < 1.29 is 23.9 Å². The number of hydrogen-bond donors (Lipinski definition) is 1. The van der Waals surface area contributed by atoms with Crippen molar-refractivity contribution in [3.8, 4) is 11.5 Å². The van der Waals surface area contributed by atoms with Crippen LogP contribution in [0.5, 0.6) is 11.5 Å². The molecule has 9 heteroatoms. The number of nitrogens with zero attached hydrogens (tertiary/aromatic N) is 1. The maximum absolute atomic E-state index is 13.2. The second kappa shape index (κ2) is 11.0. The molecule has 7 nitrogen and oxygen atoms in total. The first kappa shape index (κ1) is 25.5. The predicted octanol–water partition coefficient (Wildman–Crippen LogP) is 5.92. The molecule has 184 valence electrons. The Hall–Kier alpha value is -3.62. The van der Waals surface area contributed by atoms with Gasteiger partial charge < -0.3 is 9.47 Å². The first-order valence-corrected chi connectivity index (χ1v) is 12.2. The van der Waals surface area contributed by atoms with Gasteiger partial charge in [-0.1, -0.05) is 42.8 Å². The maximum Gasteiger partial charge on any atom is 0.335 e. The highest BCUT2D eigenvalue weighted by atomic mass is 79.9. The summed E-state index contributed by atoms with van der Waals surface area (Å²) < 4.78 is 12.0. The third-order valence-electron chi connectivity index (χ3n) is 5.56. The van der Waals surface area contributed by atoms with Gasteiger partial charge in [-0.2, -0.15) is 0 Å². The number of methoxy groups -OCH3 is 1. The van der Waals surface area contributed by atoms with E-state index in [-0.39, 0.29) is 12.2 Å². The molecular formula is C27H22BrClN2O5. The number of benzene rings is 3. The Kier molecular flexibility index (Phi) is 7.76. The van der Waals surface area contributed by atoms with E-state index in [4.69, 9.17) is 21.1 Å². The summed E-state index contributed by atoms with van der Waals surface area (Å²) in [5, 5.41) is 2.87. The fourth-order valence-corrected chi connectivity index (χ4v) is 4.34. The molecule has 0 radical (unpaired) electrons. The van der Waals surface area contributed by atoms with Crippen molar-refractivity contribution in [3.05, 3.63) is 92.4 Å². The van der Waals surface area contributed by atoms with Gasteiger partial charge in [-0.15, -0.1) is 0 Å². The molecule has 1 heterocycles. The second-order valence-electron chi connectivity index (χ2n) is 7.93. The number of nitrogens with one attached hydrogen (secondary N) is 1. The predicted molar refractivity (Wildman–Crippen MR) is 141 cm³/mol. The first-order chi connectivity index (χ1) is 17.3. The highest BCUT2D eigenvalue weighted by Crippen LogP contribution is 2.38. The van der Waals surface area contributed by atoms with Crippen LogP contribution in [-0.2, 0) is 22.6 Å². The van der Waals surface area contributed by atoms with E-state index in [2.05, 4.69) is 21.2 Å². The van der Waals surface area contributed by atoms with Gasteiger partial charge in [-0.05, 0) is 81.5 Å². The molecule has 0 spiro atoms. The summed E-state index contributed by atoms with van der Waals surface area (Å²) in [6.07, 6.45) is 2.23. The second-order valence-corrected chi connectivity index (χ2v) is 9.22. The number of barbiturate groups is 1. The summed E-state index contributed by atoms with van der Waals surface area (Å²) in [7, 11) is 1.49. The van der Waals surface area contributed by atoms with Gasteiger partial charge in [-0.25, -0.2) is 9.69 Å². The standard InChI is InChI=1S/C27H22BrClN2O5/c1-3-16-6-10-20(11-7-16)31-26(33)21(25(32)30-27(31)34)12-18-13-22(28)24(23(14-18)35-2)36-15-17-4-8-19(29)9-5-17/h4-14H,3,15H2,1-2H3,(H,30,32,34)/b21-12-. The number of carbonyl (C=O) groups is 3. The quantitative estimate of drug-likeness (QED) is 0.282. The Morgan fingerprint density at radius 2 is 1.67 bits per heavy atom. The normalized spacial score (nSPS) is 14.7. The van der Waals surface area contributed by atoms with Gasteiger partial charge in [0.2, 0.25) is 0 Å². The summed E-state index contributed by atoms with van der Waals surface area (Å²) >= 11 is 9.42. The monoisotopic (exact) mass is 568 g/mol. The summed E-state index contributed by atoms with van der Waals surface area (Å²) in [4.78, 5) is 39.2. The number of imide groups is 2. The number of amides is 4. The minimum atomic E-state index is -0.795. The molecule has 0 atom stereocenters. The molecule has 3 aromatic carbocycles. The molecule has 4 rings (SSSR count). The average Bonchev–Trinajstić information content (AvgIpc) is 2.87. The van der Waals surface area contributed by atoms with Crippen molar-refractivity contribution in [1.29, 1.82) is 0 Å². The Morgan fingerprint density at radius 3 is 2.31 bits per heavy atom. The highest BCUT2D eigenvalue weighted by Gasteiger charge is 2.36. The first-order valence-electron chi connectivity index (χ1n) is 11.1. The van der Waals surface area contributed by atoms with Crippen molar-refractivity contribution in [1.82, 2.24) is 5.32 Å². The van der Waals surface area contributed by atoms with E-state index in [1.165, 1.54) is 13.2 Å². The van der Waals surface area contributed by atoms with Crippen LogP contribution in [0.3, 0.4) is 0 Å². The zero-order valence-corrected chi connectivity index (χ0v) is 21.9. The van der Waals surface area contributed by atoms with Crippen LogP contribution in [0.2, 0.25) is 5.02 Å². The summed E-state index contributed by atoms with van der Waals surface area (Å²) in [6, 6.07) is 16.8. The van der Waals surface area contributed by atoms with Crippen LogP contribution in [0.4, 0.5) is 10.5 Å².